The monoisotopic (exact) mass is 570 g/mol. The predicted octanol–water partition coefficient (Wildman–Crippen LogP) is 4.02. The SMILES string of the molecule is N=C(N)c1cc(-c2ccon2)n(Cc2ccccc2F)n1.N=C(N)c1cc(-c2ccon2)n(Cc2ccccc2F)n1. The van der Waals surface area contributed by atoms with Gasteiger partial charge in [-0.05, 0) is 24.3 Å². The summed E-state index contributed by atoms with van der Waals surface area (Å²) < 4.78 is 40.3. The molecule has 0 spiro atoms. The molecule has 6 rings (SSSR count). The van der Waals surface area contributed by atoms with E-state index in [1.54, 1.807) is 70.0 Å². The minimum atomic E-state index is -0.316. The van der Waals surface area contributed by atoms with Gasteiger partial charge >= 0.3 is 0 Å². The summed E-state index contributed by atoms with van der Waals surface area (Å²) in [5.41, 5.74) is 14.8. The van der Waals surface area contributed by atoms with E-state index in [1.165, 1.54) is 24.7 Å². The summed E-state index contributed by atoms with van der Waals surface area (Å²) in [6.45, 7) is 0.421. The van der Waals surface area contributed by atoms with Gasteiger partial charge in [0.2, 0.25) is 0 Å². The topological polar surface area (TPSA) is 187 Å². The molecule has 0 fully saturated rings. The van der Waals surface area contributed by atoms with Crippen LogP contribution in [0.2, 0.25) is 0 Å². The third kappa shape index (κ3) is 6.12. The molecular weight excluding hydrogens is 546 g/mol. The molecule has 4 aromatic heterocycles. The van der Waals surface area contributed by atoms with Gasteiger partial charge in [0.25, 0.3) is 0 Å². The highest BCUT2D eigenvalue weighted by Crippen LogP contribution is 2.22. The van der Waals surface area contributed by atoms with Gasteiger partial charge in [0, 0.05) is 23.3 Å². The van der Waals surface area contributed by atoms with Crippen molar-refractivity contribution in [1.29, 1.82) is 10.8 Å². The first-order valence-corrected chi connectivity index (χ1v) is 12.4. The Bertz CT molecular complexity index is 1690. The molecule has 0 radical (unpaired) electrons. The van der Waals surface area contributed by atoms with Gasteiger partial charge in [-0.2, -0.15) is 10.2 Å². The number of nitrogen functional groups attached to an aromatic ring is 2. The highest BCUT2D eigenvalue weighted by Gasteiger charge is 2.16. The lowest BCUT2D eigenvalue weighted by Crippen LogP contribution is -2.13. The highest BCUT2D eigenvalue weighted by molar-refractivity contribution is 5.94. The lowest BCUT2D eigenvalue weighted by Gasteiger charge is -2.06. The zero-order valence-corrected chi connectivity index (χ0v) is 21.9. The van der Waals surface area contributed by atoms with Gasteiger partial charge in [-0.3, -0.25) is 20.2 Å². The van der Waals surface area contributed by atoms with Crippen molar-refractivity contribution in [2.24, 2.45) is 11.5 Å². The summed E-state index contributed by atoms with van der Waals surface area (Å²) >= 11 is 0. The van der Waals surface area contributed by atoms with Crippen LogP contribution in [0.1, 0.15) is 22.5 Å². The standard InChI is InChI=1S/2C14H12FN5O/c2*15-10-4-2-1-3-9(10)8-20-13(11-5-6-21-19-11)7-12(18-20)14(16)17/h2*1-7H,8H2,(H3,16,17). The minimum Gasteiger partial charge on any atom is -0.382 e. The van der Waals surface area contributed by atoms with Crippen LogP contribution in [-0.2, 0) is 13.1 Å². The van der Waals surface area contributed by atoms with Crippen molar-refractivity contribution in [3.05, 3.63) is 119 Å². The highest BCUT2D eigenvalue weighted by atomic mass is 19.1. The van der Waals surface area contributed by atoms with Crippen molar-refractivity contribution >= 4 is 11.7 Å². The molecule has 42 heavy (non-hydrogen) atoms. The van der Waals surface area contributed by atoms with Crippen LogP contribution in [0.4, 0.5) is 8.78 Å². The van der Waals surface area contributed by atoms with Crippen LogP contribution in [-0.4, -0.2) is 41.5 Å². The number of amidine groups is 2. The Balaban J connectivity index is 0.000000168. The summed E-state index contributed by atoms with van der Waals surface area (Å²) in [4.78, 5) is 0. The van der Waals surface area contributed by atoms with Gasteiger partial charge < -0.3 is 20.5 Å². The molecule has 0 unspecified atom stereocenters. The Morgan fingerprint density at radius 1 is 0.667 bits per heavy atom. The molecule has 212 valence electrons. The number of benzene rings is 2. The van der Waals surface area contributed by atoms with E-state index < -0.39 is 0 Å². The fraction of sp³-hybridized carbons (Fsp3) is 0.0714. The minimum absolute atomic E-state index is 0.160. The van der Waals surface area contributed by atoms with E-state index in [9.17, 15) is 8.78 Å². The van der Waals surface area contributed by atoms with Crippen molar-refractivity contribution in [2.75, 3.05) is 0 Å². The number of aromatic nitrogens is 6. The van der Waals surface area contributed by atoms with Gasteiger partial charge in [-0.25, -0.2) is 8.78 Å². The number of halogens is 2. The Morgan fingerprint density at radius 3 is 1.40 bits per heavy atom. The van der Waals surface area contributed by atoms with Crippen LogP contribution in [0.5, 0.6) is 0 Å². The van der Waals surface area contributed by atoms with E-state index >= 15 is 0 Å². The number of rotatable bonds is 8. The lowest BCUT2D eigenvalue weighted by atomic mass is 10.2. The van der Waals surface area contributed by atoms with Gasteiger partial charge in [-0.1, -0.05) is 46.7 Å². The summed E-state index contributed by atoms with van der Waals surface area (Å²) in [6.07, 6.45) is 2.87. The van der Waals surface area contributed by atoms with Crippen LogP contribution in [0.15, 0.2) is 94.4 Å². The summed E-state index contributed by atoms with van der Waals surface area (Å²) in [7, 11) is 0. The number of nitrogens with zero attached hydrogens (tertiary/aromatic N) is 6. The van der Waals surface area contributed by atoms with Crippen LogP contribution in [0.25, 0.3) is 22.8 Å². The number of hydrogen-bond acceptors (Lipinski definition) is 8. The fourth-order valence-corrected chi connectivity index (χ4v) is 4.02. The predicted molar refractivity (Wildman–Crippen MR) is 148 cm³/mol. The van der Waals surface area contributed by atoms with Gasteiger partial charge in [-0.15, -0.1) is 0 Å². The molecule has 6 aromatic rings. The molecule has 6 N–H and O–H groups in total. The molecule has 0 aliphatic carbocycles. The third-order valence-electron chi connectivity index (χ3n) is 6.07. The third-order valence-corrected chi connectivity index (χ3v) is 6.07. The molecule has 0 atom stereocenters. The van der Waals surface area contributed by atoms with Crippen molar-refractivity contribution in [3.63, 3.8) is 0 Å². The second-order valence-corrected chi connectivity index (χ2v) is 8.92. The molecule has 4 heterocycles. The fourth-order valence-electron chi connectivity index (χ4n) is 4.02. The van der Waals surface area contributed by atoms with E-state index in [1.807, 2.05) is 0 Å². The van der Waals surface area contributed by atoms with E-state index in [-0.39, 0.29) is 36.4 Å². The first kappa shape index (κ1) is 27.6. The van der Waals surface area contributed by atoms with Gasteiger partial charge in [0.15, 0.2) is 0 Å². The van der Waals surface area contributed by atoms with Gasteiger partial charge in [0.1, 0.15) is 58.6 Å². The van der Waals surface area contributed by atoms with Crippen LogP contribution in [0, 0.1) is 22.5 Å². The van der Waals surface area contributed by atoms with Crippen molar-refractivity contribution in [1.82, 2.24) is 29.9 Å². The zero-order chi connectivity index (χ0) is 29.6. The van der Waals surface area contributed by atoms with E-state index in [4.69, 9.17) is 31.3 Å². The average Bonchev–Trinajstić information content (AvgIpc) is 3.78. The maximum absolute atomic E-state index is 13.8. The molecule has 0 saturated heterocycles. The Morgan fingerprint density at radius 2 is 1.07 bits per heavy atom. The summed E-state index contributed by atoms with van der Waals surface area (Å²) in [5.74, 6) is -0.953. The van der Waals surface area contributed by atoms with E-state index in [2.05, 4.69) is 20.5 Å². The molecule has 0 aliphatic rings. The normalized spacial score (nSPS) is 10.7. The number of nitrogens with two attached hydrogens (primary N) is 2. The Kier molecular flexibility index (Phi) is 7.95. The number of hydrogen-bond donors (Lipinski definition) is 4. The van der Waals surface area contributed by atoms with E-state index in [0.29, 0.717) is 45.3 Å². The molecule has 2 aromatic carbocycles. The molecule has 0 bridgehead atoms. The molecule has 0 saturated carbocycles. The lowest BCUT2D eigenvalue weighted by molar-refractivity contribution is 0.421. The maximum atomic E-state index is 13.8. The maximum Gasteiger partial charge on any atom is 0.143 e. The Hall–Kier alpha value is -5.92. The summed E-state index contributed by atoms with van der Waals surface area (Å²) in [5, 5.41) is 31.1. The van der Waals surface area contributed by atoms with Gasteiger partial charge in [0.05, 0.1) is 24.5 Å². The van der Waals surface area contributed by atoms with Crippen molar-refractivity contribution in [3.8, 4) is 22.8 Å². The van der Waals surface area contributed by atoms with Crippen LogP contribution < -0.4 is 11.5 Å². The zero-order valence-electron chi connectivity index (χ0n) is 21.9. The summed E-state index contributed by atoms with van der Waals surface area (Å²) in [6, 6.07) is 19.5. The Labute approximate surface area is 237 Å². The van der Waals surface area contributed by atoms with Crippen LogP contribution >= 0.6 is 0 Å². The molecular formula is C28H24F2N10O2. The van der Waals surface area contributed by atoms with E-state index in [0.717, 1.165) is 0 Å². The second kappa shape index (κ2) is 12.1. The van der Waals surface area contributed by atoms with Crippen LogP contribution in [0.3, 0.4) is 0 Å². The first-order chi connectivity index (χ1) is 20.3. The largest absolute Gasteiger partial charge is 0.382 e. The first-order valence-electron chi connectivity index (χ1n) is 12.4. The smallest absolute Gasteiger partial charge is 0.143 e. The van der Waals surface area contributed by atoms with Crippen molar-refractivity contribution < 1.29 is 17.8 Å². The quantitative estimate of drug-likeness (QED) is 0.156. The molecule has 0 amide bonds. The second-order valence-electron chi connectivity index (χ2n) is 8.92. The molecule has 12 nitrogen and oxygen atoms in total. The number of nitrogens with one attached hydrogen (secondary N) is 2. The average molecular weight is 571 g/mol. The molecule has 14 heteroatoms. The molecule has 0 aliphatic heterocycles. The van der Waals surface area contributed by atoms with Crippen molar-refractivity contribution in [2.45, 2.75) is 13.1 Å².